The van der Waals surface area contributed by atoms with Gasteiger partial charge in [0.1, 0.15) is 0 Å². The molecule has 0 amide bonds. The van der Waals surface area contributed by atoms with Crippen LogP contribution in [0.4, 0.5) is 0 Å². The highest BCUT2D eigenvalue weighted by atomic mass is 16.3. The third kappa shape index (κ3) is 1.52. The summed E-state index contributed by atoms with van der Waals surface area (Å²) in [6.07, 6.45) is 2.09. The fourth-order valence-corrected chi connectivity index (χ4v) is 1.04. The van der Waals surface area contributed by atoms with Crippen molar-refractivity contribution in [2.24, 2.45) is 4.99 Å². The van der Waals surface area contributed by atoms with Crippen LogP contribution in [0, 0.1) is 0 Å². The highest BCUT2D eigenvalue weighted by Gasteiger charge is 2.22. The molecular weight excluding hydrogens is 114 g/mol. The maximum atomic E-state index is 9.39. The van der Waals surface area contributed by atoms with Crippen LogP contribution in [0.2, 0.25) is 0 Å². The van der Waals surface area contributed by atoms with Crippen molar-refractivity contribution < 1.29 is 5.11 Å². The van der Waals surface area contributed by atoms with Crippen molar-refractivity contribution in [3.05, 3.63) is 0 Å². The van der Waals surface area contributed by atoms with Gasteiger partial charge in [-0.05, 0) is 26.7 Å². The molecule has 1 aliphatic heterocycles. The molecular formula is C7H13NO. The van der Waals surface area contributed by atoms with Crippen LogP contribution in [0.3, 0.4) is 0 Å². The van der Waals surface area contributed by atoms with Crippen molar-refractivity contribution in [1.29, 1.82) is 0 Å². The average Bonchev–Trinajstić information content (AvgIpc) is 2.08. The molecule has 2 nitrogen and oxygen atoms in total. The predicted octanol–water partition coefficient (Wildman–Crippen LogP) is 0.992. The Labute approximate surface area is 55.6 Å². The molecule has 0 aromatic carbocycles. The summed E-state index contributed by atoms with van der Waals surface area (Å²) in [6.45, 7) is 4.48. The van der Waals surface area contributed by atoms with E-state index in [2.05, 4.69) is 4.99 Å². The number of hydrogen-bond donors (Lipinski definition) is 1. The fraction of sp³-hybridized carbons (Fsp3) is 0.857. The van der Waals surface area contributed by atoms with Gasteiger partial charge in [0.15, 0.2) is 0 Å². The number of nitrogens with zero attached hydrogens (tertiary/aromatic N) is 1. The van der Waals surface area contributed by atoms with Crippen LogP contribution in [0.15, 0.2) is 4.99 Å². The van der Waals surface area contributed by atoms with Crippen LogP contribution >= 0.6 is 0 Å². The number of aliphatic imine (C=N–C) groups is 1. The topological polar surface area (TPSA) is 32.6 Å². The minimum atomic E-state index is -0.670. The second-order valence-corrected chi connectivity index (χ2v) is 2.99. The second kappa shape index (κ2) is 2.10. The normalized spacial score (nSPS) is 20.1. The van der Waals surface area contributed by atoms with Crippen LogP contribution in [0.25, 0.3) is 0 Å². The number of aliphatic hydroxyl groups is 1. The minimum Gasteiger partial charge on any atom is -0.385 e. The highest BCUT2D eigenvalue weighted by Crippen LogP contribution is 2.14. The van der Waals surface area contributed by atoms with Gasteiger partial charge in [-0.2, -0.15) is 0 Å². The Bertz CT molecular complexity index is 132. The molecule has 0 fully saturated rings. The van der Waals surface area contributed by atoms with Gasteiger partial charge in [-0.15, -0.1) is 0 Å². The summed E-state index contributed by atoms with van der Waals surface area (Å²) in [5.41, 5.74) is 0.291. The van der Waals surface area contributed by atoms with Crippen LogP contribution in [0.1, 0.15) is 26.7 Å². The third-order valence-corrected chi connectivity index (χ3v) is 1.58. The van der Waals surface area contributed by atoms with Gasteiger partial charge in [-0.25, -0.2) is 0 Å². The molecule has 1 aliphatic rings. The summed E-state index contributed by atoms with van der Waals surface area (Å²) in [5.74, 6) is 0. The molecule has 1 N–H and O–H groups in total. The van der Waals surface area contributed by atoms with E-state index >= 15 is 0 Å². The lowest BCUT2D eigenvalue weighted by atomic mass is 10.0. The first-order valence-electron chi connectivity index (χ1n) is 3.37. The van der Waals surface area contributed by atoms with Gasteiger partial charge in [0.05, 0.1) is 5.60 Å². The zero-order chi connectivity index (χ0) is 6.91. The van der Waals surface area contributed by atoms with Gasteiger partial charge >= 0.3 is 0 Å². The lowest BCUT2D eigenvalue weighted by molar-refractivity contribution is 0.152. The van der Waals surface area contributed by atoms with Crippen LogP contribution in [-0.2, 0) is 0 Å². The van der Waals surface area contributed by atoms with E-state index in [9.17, 15) is 5.11 Å². The SMILES string of the molecule is CC(C)(O)C1=NCCC1. The predicted molar refractivity (Wildman–Crippen MR) is 37.8 cm³/mol. The standard InChI is InChI=1S/C7H13NO/c1-7(2,9)6-4-3-5-8-6/h9H,3-5H2,1-2H3. The molecule has 9 heavy (non-hydrogen) atoms. The van der Waals surface area contributed by atoms with Crippen molar-refractivity contribution in [3.63, 3.8) is 0 Å². The van der Waals surface area contributed by atoms with Gasteiger partial charge in [0.25, 0.3) is 0 Å². The minimum absolute atomic E-state index is 0.670. The summed E-state index contributed by atoms with van der Waals surface area (Å²) in [4.78, 5) is 4.17. The first-order valence-corrected chi connectivity index (χ1v) is 3.37. The van der Waals surface area contributed by atoms with Gasteiger partial charge < -0.3 is 5.11 Å². The van der Waals surface area contributed by atoms with Gasteiger partial charge in [0.2, 0.25) is 0 Å². The van der Waals surface area contributed by atoms with E-state index in [4.69, 9.17) is 0 Å². The molecule has 0 aromatic rings. The van der Waals surface area contributed by atoms with Crippen molar-refractivity contribution in [3.8, 4) is 0 Å². The van der Waals surface area contributed by atoms with Crippen molar-refractivity contribution in [2.75, 3.05) is 6.54 Å². The number of rotatable bonds is 1. The van der Waals surface area contributed by atoms with Gasteiger partial charge in [0, 0.05) is 12.3 Å². The van der Waals surface area contributed by atoms with E-state index in [-0.39, 0.29) is 0 Å². The lowest BCUT2D eigenvalue weighted by Gasteiger charge is -2.16. The summed E-state index contributed by atoms with van der Waals surface area (Å²) in [7, 11) is 0. The maximum Gasteiger partial charge on any atom is 0.0966 e. The molecule has 2 heteroatoms. The average molecular weight is 127 g/mol. The van der Waals surface area contributed by atoms with E-state index in [0.29, 0.717) is 0 Å². The number of hydrogen-bond acceptors (Lipinski definition) is 2. The fourth-order valence-electron chi connectivity index (χ4n) is 1.04. The molecule has 0 saturated carbocycles. The largest absolute Gasteiger partial charge is 0.385 e. The molecule has 0 spiro atoms. The Balaban J connectivity index is 2.61. The lowest BCUT2D eigenvalue weighted by Crippen LogP contribution is -2.29. The smallest absolute Gasteiger partial charge is 0.0966 e. The van der Waals surface area contributed by atoms with E-state index in [1.165, 1.54) is 0 Å². The second-order valence-electron chi connectivity index (χ2n) is 2.99. The molecule has 52 valence electrons. The summed E-state index contributed by atoms with van der Waals surface area (Å²) in [6, 6.07) is 0. The molecule has 0 aromatic heterocycles. The molecule has 0 aliphatic carbocycles. The molecule has 0 atom stereocenters. The highest BCUT2D eigenvalue weighted by molar-refractivity contribution is 5.92. The molecule has 1 rings (SSSR count). The summed E-state index contributed by atoms with van der Waals surface area (Å²) >= 11 is 0. The van der Waals surface area contributed by atoms with Crippen molar-refractivity contribution >= 4 is 5.71 Å². The van der Waals surface area contributed by atoms with Crippen LogP contribution in [0.5, 0.6) is 0 Å². The summed E-state index contributed by atoms with van der Waals surface area (Å²) in [5, 5.41) is 9.39. The molecule has 0 radical (unpaired) electrons. The molecule has 0 saturated heterocycles. The Kier molecular flexibility index (Phi) is 1.58. The maximum absolute atomic E-state index is 9.39. The zero-order valence-electron chi connectivity index (χ0n) is 6.02. The van der Waals surface area contributed by atoms with Gasteiger partial charge in [-0.1, -0.05) is 0 Å². The van der Waals surface area contributed by atoms with E-state index in [1.54, 1.807) is 13.8 Å². The monoisotopic (exact) mass is 127 g/mol. The van der Waals surface area contributed by atoms with E-state index in [0.717, 1.165) is 25.1 Å². The van der Waals surface area contributed by atoms with E-state index in [1.807, 2.05) is 0 Å². The Morgan fingerprint density at radius 1 is 1.56 bits per heavy atom. The van der Waals surface area contributed by atoms with Crippen LogP contribution in [-0.4, -0.2) is 23.0 Å². The first-order chi connectivity index (χ1) is 4.11. The Hall–Kier alpha value is -0.370. The molecule has 1 heterocycles. The first kappa shape index (κ1) is 6.75. The van der Waals surface area contributed by atoms with Crippen molar-refractivity contribution in [1.82, 2.24) is 0 Å². The zero-order valence-corrected chi connectivity index (χ0v) is 6.02. The Morgan fingerprint density at radius 2 is 2.22 bits per heavy atom. The molecule has 0 bridgehead atoms. The quantitative estimate of drug-likeness (QED) is 0.559. The van der Waals surface area contributed by atoms with Gasteiger partial charge in [-0.3, -0.25) is 4.99 Å². The van der Waals surface area contributed by atoms with Crippen molar-refractivity contribution in [2.45, 2.75) is 32.3 Å². The summed E-state index contributed by atoms with van der Waals surface area (Å²) < 4.78 is 0. The van der Waals surface area contributed by atoms with E-state index < -0.39 is 5.60 Å². The molecule has 0 unspecified atom stereocenters. The Morgan fingerprint density at radius 3 is 2.44 bits per heavy atom. The third-order valence-electron chi connectivity index (χ3n) is 1.58. The van der Waals surface area contributed by atoms with Crippen LogP contribution < -0.4 is 0 Å².